The first-order valence-electron chi connectivity index (χ1n) is 6.56. The van der Waals surface area contributed by atoms with Gasteiger partial charge in [0.25, 0.3) is 0 Å². The second-order valence-electron chi connectivity index (χ2n) is 4.29. The Morgan fingerprint density at radius 2 is 2.05 bits per heavy atom. The van der Waals surface area contributed by atoms with Gasteiger partial charge in [0.2, 0.25) is 0 Å². The zero-order valence-electron chi connectivity index (χ0n) is 12.1. The Bertz CT molecular complexity index is 453. The molecule has 0 amide bonds. The largest absolute Gasteiger partial charge is 0.480 e. The molecule has 7 N–H and O–H groups in total. The van der Waals surface area contributed by atoms with E-state index < -0.39 is 12.0 Å². The number of aliphatic carboxylic acids is 1. The summed E-state index contributed by atoms with van der Waals surface area (Å²) in [5.74, 6) is -1.11. The summed E-state index contributed by atoms with van der Waals surface area (Å²) in [5.41, 5.74) is 11.2. The maximum absolute atomic E-state index is 10.2. The Morgan fingerprint density at radius 1 is 1.41 bits per heavy atom. The Balaban J connectivity index is 0.000000406. The highest BCUT2D eigenvalue weighted by atomic mass is 16.5. The van der Waals surface area contributed by atoms with Crippen LogP contribution in [0.1, 0.15) is 18.4 Å². The van der Waals surface area contributed by atoms with E-state index in [0.717, 1.165) is 5.56 Å². The topological polar surface area (TPSA) is 152 Å². The summed E-state index contributed by atoms with van der Waals surface area (Å²) >= 11 is 0. The van der Waals surface area contributed by atoms with E-state index in [1.54, 1.807) is 0 Å². The quantitative estimate of drug-likeness (QED) is 0.256. The molecule has 0 saturated carbocycles. The number of hydrogen-bond acceptors (Lipinski definition) is 5. The van der Waals surface area contributed by atoms with Crippen LogP contribution in [-0.2, 0) is 20.9 Å². The normalized spacial score (nSPS) is 10.6. The number of nitrogens with one attached hydrogen (secondary N) is 2. The van der Waals surface area contributed by atoms with E-state index in [0.29, 0.717) is 26.0 Å². The molecule has 1 unspecified atom stereocenters. The van der Waals surface area contributed by atoms with Crippen molar-refractivity contribution < 1.29 is 19.4 Å². The number of carboxylic acid groups (broad SMARTS) is 1. The highest BCUT2D eigenvalue weighted by Gasteiger charge is 2.09. The number of rotatable bonds is 8. The maximum Gasteiger partial charge on any atom is 0.417 e. The number of carbonyl (C=O) groups is 1. The molecule has 8 nitrogen and oxygen atoms in total. The molecule has 0 aromatic heterocycles. The zero-order valence-corrected chi connectivity index (χ0v) is 12.1. The zero-order chi connectivity index (χ0) is 16.8. The van der Waals surface area contributed by atoms with E-state index in [1.165, 1.54) is 6.47 Å². The summed E-state index contributed by atoms with van der Waals surface area (Å²) in [6.07, 6.45) is 0.975. The van der Waals surface area contributed by atoms with Crippen LogP contribution in [0, 0.1) is 5.41 Å². The third kappa shape index (κ3) is 11.2. The highest BCUT2D eigenvalue weighted by molar-refractivity contribution is 5.74. The molecule has 0 aliphatic rings. The van der Waals surface area contributed by atoms with E-state index in [4.69, 9.17) is 22.0 Å². The summed E-state index contributed by atoms with van der Waals surface area (Å²) in [6, 6.07) is 8.65. The molecule has 121 valence electrons. The Labute approximate surface area is 129 Å². The van der Waals surface area contributed by atoms with E-state index in [9.17, 15) is 9.59 Å². The fraction of sp³-hybridized carbons (Fsp3) is 0.357. The Hall–Kier alpha value is -2.61. The molecular formula is C14H21N4O4. The summed E-state index contributed by atoms with van der Waals surface area (Å²) in [7, 11) is 0. The number of carbonyl (C=O) groups excluding carboxylic acids is 1. The molecule has 22 heavy (non-hydrogen) atoms. The number of hydrogen-bond donors (Lipinski definition) is 5. The molecule has 1 aromatic carbocycles. The van der Waals surface area contributed by atoms with Crippen LogP contribution in [0.4, 0.5) is 0 Å². The summed E-state index contributed by atoms with van der Waals surface area (Å²) in [4.78, 5) is 19.8. The van der Waals surface area contributed by atoms with Gasteiger partial charge in [0.15, 0.2) is 5.96 Å². The standard InChI is InChI=1S/C8H7O2.C6H14N4O2/c9-7-10-6-8-4-2-1-3-5-8;7-4(5(11)12)2-1-3-10-6(8)9/h1-5H,6H2;4H,1-3,7H2,(H,11,12)(H4,8,9,10). The van der Waals surface area contributed by atoms with E-state index in [1.807, 2.05) is 30.3 Å². The Kier molecular flexibility index (Phi) is 10.7. The number of carboxylic acids is 1. The number of ether oxygens (including phenoxy) is 1. The molecule has 0 fully saturated rings. The smallest absolute Gasteiger partial charge is 0.417 e. The van der Waals surface area contributed by atoms with E-state index in [2.05, 4.69) is 10.1 Å². The van der Waals surface area contributed by atoms with Crippen molar-refractivity contribution in [2.75, 3.05) is 6.54 Å². The molecule has 0 spiro atoms. The number of benzene rings is 1. The second kappa shape index (κ2) is 12.2. The first-order chi connectivity index (χ1) is 10.5. The molecule has 0 bridgehead atoms. The van der Waals surface area contributed by atoms with Crippen molar-refractivity contribution in [3.8, 4) is 0 Å². The minimum atomic E-state index is -1.00. The highest BCUT2D eigenvalue weighted by Crippen LogP contribution is 1.98. The molecule has 0 heterocycles. The first-order valence-corrected chi connectivity index (χ1v) is 6.56. The number of guanidine groups is 1. The van der Waals surface area contributed by atoms with Gasteiger partial charge < -0.3 is 26.6 Å². The van der Waals surface area contributed by atoms with Crippen LogP contribution in [-0.4, -0.2) is 36.1 Å². The van der Waals surface area contributed by atoms with Crippen molar-refractivity contribution in [1.29, 1.82) is 5.41 Å². The van der Waals surface area contributed by atoms with Gasteiger partial charge in [-0.05, 0) is 18.4 Å². The summed E-state index contributed by atoms with van der Waals surface area (Å²) < 4.78 is 4.41. The second-order valence-corrected chi connectivity index (χ2v) is 4.29. The van der Waals surface area contributed by atoms with Crippen molar-refractivity contribution in [2.24, 2.45) is 11.5 Å². The minimum absolute atomic E-state index is 0.112. The predicted octanol–water partition coefficient (Wildman–Crippen LogP) is -0.0680. The van der Waals surface area contributed by atoms with Gasteiger partial charge >= 0.3 is 12.4 Å². The van der Waals surface area contributed by atoms with Gasteiger partial charge in [-0.15, -0.1) is 0 Å². The lowest BCUT2D eigenvalue weighted by molar-refractivity contribution is -0.138. The molecule has 0 aliphatic carbocycles. The van der Waals surface area contributed by atoms with Crippen LogP contribution < -0.4 is 16.8 Å². The molecule has 1 rings (SSSR count). The van der Waals surface area contributed by atoms with Gasteiger partial charge in [-0.3, -0.25) is 10.2 Å². The average Bonchev–Trinajstić information content (AvgIpc) is 2.50. The van der Waals surface area contributed by atoms with Crippen LogP contribution >= 0.6 is 0 Å². The molecule has 1 aromatic rings. The molecule has 8 heteroatoms. The van der Waals surface area contributed by atoms with Gasteiger partial charge in [0.05, 0.1) is 0 Å². The number of nitrogens with two attached hydrogens (primary N) is 2. The van der Waals surface area contributed by atoms with Crippen molar-refractivity contribution in [3.05, 3.63) is 35.9 Å². The van der Waals surface area contributed by atoms with Gasteiger partial charge in [0.1, 0.15) is 12.6 Å². The molecular weight excluding hydrogens is 288 g/mol. The first kappa shape index (κ1) is 19.4. The molecule has 0 saturated heterocycles. The molecule has 1 atom stereocenters. The monoisotopic (exact) mass is 309 g/mol. The lowest BCUT2D eigenvalue weighted by Crippen LogP contribution is -2.34. The summed E-state index contributed by atoms with van der Waals surface area (Å²) in [5, 5.41) is 17.7. The third-order valence-electron chi connectivity index (χ3n) is 2.47. The van der Waals surface area contributed by atoms with Crippen molar-refractivity contribution in [2.45, 2.75) is 25.5 Å². The van der Waals surface area contributed by atoms with Gasteiger partial charge in [-0.25, -0.2) is 4.79 Å². The fourth-order valence-electron chi connectivity index (χ4n) is 1.36. The Morgan fingerprint density at radius 3 is 2.55 bits per heavy atom. The van der Waals surface area contributed by atoms with E-state index >= 15 is 0 Å². The van der Waals surface area contributed by atoms with Crippen molar-refractivity contribution >= 4 is 18.4 Å². The average molecular weight is 309 g/mol. The summed E-state index contributed by atoms with van der Waals surface area (Å²) in [6.45, 7) is 2.16. The predicted molar refractivity (Wildman–Crippen MR) is 81.7 cm³/mol. The minimum Gasteiger partial charge on any atom is -0.480 e. The van der Waals surface area contributed by atoms with Gasteiger partial charge in [-0.1, -0.05) is 30.3 Å². The lowest BCUT2D eigenvalue weighted by atomic mass is 10.2. The van der Waals surface area contributed by atoms with Gasteiger partial charge in [0, 0.05) is 6.54 Å². The van der Waals surface area contributed by atoms with Crippen molar-refractivity contribution in [3.63, 3.8) is 0 Å². The third-order valence-corrected chi connectivity index (χ3v) is 2.47. The van der Waals surface area contributed by atoms with Crippen molar-refractivity contribution in [1.82, 2.24) is 5.32 Å². The van der Waals surface area contributed by atoms with Gasteiger partial charge in [-0.2, -0.15) is 0 Å². The molecule has 1 radical (unpaired) electrons. The SMILES string of the molecule is N=C(N)NCCCC(N)C(=O)O.O=[C]OCc1ccccc1. The fourth-order valence-corrected chi connectivity index (χ4v) is 1.36. The molecule has 0 aliphatic heterocycles. The van der Waals surface area contributed by atoms with Crippen LogP contribution in [0.5, 0.6) is 0 Å². The maximum atomic E-state index is 10.2. The van der Waals surface area contributed by atoms with Crippen LogP contribution in [0.15, 0.2) is 30.3 Å². The van der Waals surface area contributed by atoms with Crippen LogP contribution in [0.2, 0.25) is 0 Å². The lowest BCUT2D eigenvalue weighted by Gasteiger charge is -2.06. The van der Waals surface area contributed by atoms with E-state index in [-0.39, 0.29) is 5.96 Å². The van der Waals surface area contributed by atoms with Crippen LogP contribution in [0.25, 0.3) is 0 Å². The van der Waals surface area contributed by atoms with Crippen LogP contribution in [0.3, 0.4) is 0 Å².